The van der Waals surface area contributed by atoms with Gasteiger partial charge in [-0.15, -0.1) is 0 Å². The molecule has 0 bridgehead atoms. The first-order valence-electron chi connectivity index (χ1n) is 5.22. The SMILES string of the molecule is N#Cc1cc(Sc2ccccc2F)ccc1[N+](=O)[O-]. The van der Waals surface area contributed by atoms with Crippen molar-refractivity contribution in [3.63, 3.8) is 0 Å². The molecule has 0 radical (unpaired) electrons. The first kappa shape index (κ1) is 13.1. The molecular weight excluding hydrogens is 267 g/mol. The van der Waals surface area contributed by atoms with Gasteiger partial charge in [0.1, 0.15) is 17.4 Å². The Bertz CT molecular complexity index is 683. The molecule has 0 aliphatic rings. The number of halogens is 1. The van der Waals surface area contributed by atoms with Crippen LogP contribution in [-0.2, 0) is 0 Å². The maximum Gasteiger partial charge on any atom is 0.287 e. The summed E-state index contributed by atoms with van der Waals surface area (Å²) in [6, 6.07) is 12.1. The highest BCUT2D eigenvalue weighted by Gasteiger charge is 2.14. The molecule has 0 amide bonds. The summed E-state index contributed by atoms with van der Waals surface area (Å²) in [5.41, 5.74) is -0.285. The van der Waals surface area contributed by atoms with E-state index >= 15 is 0 Å². The van der Waals surface area contributed by atoms with E-state index in [2.05, 4.69) is 0 Å². The molecule has 0 aromatic heterocycles. The number of rotatable bonds is 3. The van der Waals surface area contributed by atoms with Gasteiger partial charge in [0, 0.05) is 15.9 Å². The standard InChI is InChI=1S/C13H7FN2O2S/c14-11-3-1-2-4-13(11)19-10-5-6-12(16(17)18)9(7-10)8-15/h1-7H. The van der Waals surface area contributed by atoms with Crippen LogP contribution in [0.3, 0.4) is 0 Å². The van der Waals surface area contributed by atoms with E-state index in [9.17, 15) is 14.5 Å². The minimum atomic E-state index is -0.615. The van der Waals surface area contributed by atoms with Crippen LogP contribution in [0.5, 0.6) is 0 Å². The van der Waals surface area contributed by atoms with Crippen LogP contribution >= 0.6 is 11.8 Å². The van der Waals surface area contributed by atoms with E-state index in [0.29, 0.717) is 9.79 Å². The quantitative estimate of drug-likeness (QED) is 0.631. The molecule has 0 atom stereocenters. The third kappa shape index (κ3) is 2.89. The molecule has 6 heteroatoms. The summed E-state index contributed by atoms with van der Waals surface area (Å²) in [6.07, 6.45) is 0. The monoisotopic (exact) mass is 274 g/mol. The van der Waals surface area contributed by atoms with Crippen molar-refractivity contribution in [2.24, 2.45) is 0 Å². The van der Waals surface area contributed by atoms with Crippen molar-refractivity contribution < 1.29 is 9.31 Å². The van der Waals surface area contributed by atoms with E-state index in [0.717, 1.165) is 11.8 Å². The molecule has 4 nitrogen and oxygen atoms in total. The molecule has 2 aromatic rings. The summed E-state index contributed by atoms with van der Waals surface area (Å²) in [5.74, 6) is -0.371. The van der Waals surface area contributed by atoms with E-state index < -0.39 is 4.92 Å². The smallest absolute Gasteiger partial charge is 0.258 e. The van der Waals surface area contributed by atoms with Gasteiger partial charge in [0.25, 0.3) is 5.69 Å². The van der Waals surface area contributed by atoms with Gasteiger partial charge >= 0.3 is 0 Å². The fourth-order valence-electron chi connectivity index (χ4n) is 1.48. The summed E-state index contributed by atoms with van der Waals surface area (Å²) < 4.78 is 13.5. The van der Waals surface area contributed by atoms with Gasteiger partial charge in [-0.3, -0.25) is 10.1 Å². The zero-order chi connectivity index (χ0) is 13.8. The molecule has 19 heavy (non-hydrogen) atoms. The Morgan fingerprint density at radius 3 is 2.63 bits per heavy atom. The molecule has 0 fully saturated rings. The summed E-state index contributed by atoms with van der Waals surface area (Å²) in [7, 11) is 0. The Labute approximate surface area is 112 Å². The lowest BCUT2D eigenvalue weighted by Gasteiger charge is -2.03. The fourth-order valence-corrected chi connectivity index (χ4v) is 2.36. The lowest BCUT2D eigenvalue weighted by atomic mass is 10.2. The molecule has 0 unspecified atom stereocenters. The highest BCUT2D eigenvalue weighted by atomic mass is 32.2. The lowest BCUT2D eigenvalue weighted by Crippen LogP contribution is -1.92. The van der Waals surface area contributed by atoms with Crippen molar-refractivity contribution in [1.82, 2.24) is 0 Å². The summed E-state index contributed by atoms with van der Waals surface area (Å²) in [6.45, 7) is 0. The van der Waals surface area contributed by atoms with Gasteiger partial charge < -0.3 is 0 Å². The zero-order valence-corrected chi connectivity index (χ0v) is 10.4. The maximum atomic E-state index is 13.5. The average Bonchev–Trinajstić information content (AvgIpc) is 2.41. The van der Waals surface area contributed by atoms with Gasteiger partial charge in [-0.05, 0) is 24.3 Å². The predicted molar refractivity (Wildman–Crippen MR) is 68.3 cm³/mol. The molecule has 0 spiro atoms. The van der Waals surface area contributed by atoms with Gasteiger partial charge in [-0.25, -0.2) is 4.39 Å². The number of nitro groups is 1. The molecule has 0 saturated heterocycles. The molecule has 0 heterocycles. The molecule has 2 rings (SSSR count). The summed E-state index contributed by atoms with van der Waals surface area (Å²) in [4.78, 5) is 11.1. The number of hydrogen-bond acceptors (Lipinski definition) is 4. The minimum Gasteiger partial charge on any atom is -0.258 e. The summed E-state index contributed by atoms with van der Waals surface area (Å²) >= 11 is 1.12. The Hall–Kier alpha value is -2.39. The van der Waals surface area contributed by atoms with E-state index in [-0.39, 0.29) is 17.1 Å². The third-order valence-electron chi connectivity index (χ3n) is 2.35. The molecule has 0 N–H and O–H groups in total. The Balaban J connectivity index is 2.36. The molecule has 0 saturated carbocycles. The Morgan fingerprint density at radius 2 is 2.00 bits per heavy atom. The van der Waals surface area contributed by atoms with Crippen LogP contribution in [0.1, 0.15) is 5.56 Å². The minimum absolute atomic E-state index is 0.0358. The van der Waals surface area contributed by atoms with Crippen molar-refractivity contribution in [3.05, 3.63) is 64.0 Å². The van der Waals surface area contributed by atoms with Gasteiger partial charge in [-0.2, -0.15) is 5.26 Å². The number of hydrogen-bond donors (Lipinski definition) is 0. The van der Waals surface area contributed by atoms with Crippen molar-refractivity contribution in [2.45, 2.75) is 9.79 Å². The van der Waals surface area contributed by atoms with E-state index in [1.165, 1.54) is 24.3 Å². The van der Waals surface area contributed by atoms with Gasteiger partial charge in [0.05, 0.1) is 4.92 Å². The van der Waals surface area contributed by atoms with Crippen LogP contribution in [0.4, 0.5) is 10.1 Å². The lowest BCUT2D eigenvalue weighted by molar-refractivity contribution is -0.385. The van der Waals surface area contributed by atoms with Gasteiger partial charge in [0.15, 0.2) is 0 Å². The second-order valence-corrected chi connectivity index (χ2v) is 4.70. The van der Waals surface area contributed by atoms with Crippen molar-refractivity contribution >= 4 is 17.4 Å². The topological polar surface area (TPSA) is 66.9 Å². The highest BCUT2D eigenvalue weighted by Crippen LogP contribution is 2.32. The van der Waals surface area contributed by atoms with Crippen molar-refractivity contribution in [2.75, 3.05) is 0 Å². The van der Waals surface area contributed by atoms with Crippen LogP contribution in [0.25, 0.3) is 0 Å². The second-order valence-electron chi connectivity index (χ2n) is 3.58. The first-order chi connectivity index (χ1) is 9.11. The number of nitriles is 1. The zero-order valence-electron chi connectivity index (χ0n) is 9.54. The number of nitro benzene ring substituents is 1. The molecule has 0 aliphatic heterocycles. The molecule has 0 aliphatic carbocycles. The van der Waals surface area contributed by atoms with E-state index in [1.807, 2.05) is 0 Å². The molecule has 2 aromatic carbocycles. The fraction of sp³-hybridized carbons (Fsp3) is 0. The van der Waals surface area contributed by atoms with E-state index in [4.69, 9.17) is 5.26 Å². The second kappa shape index (κ2) is 5.50. The third-order valence-corrected chi connectivity index (χ3v) is 3.39. The van der Waals surface area contributed by atoms with Crippen molar-refractivity contribution in [1.29, 1.82) is 5.26 Å². The maximum absolute atomic E-state index is 13.5. The van der Waals surface area contributed by atoms with Crippen LogP contribution in [-0.4, -0.2) is 4.92 Å². The van der Waals surface area contributed by atoms with Crippen LogP contribution < -0.4 is 0 Å². The molecule has 94 valence electrons. The predicted octanol–water partition coefficient (Wildman–Crippen LogP) is 3.76. The Morgan fingerprint density at radius 1 is 1.26 bits per heavy atom. The van der Waals surface area contributed by atoms with Gasteiger partial charge in [-0.1, -0.05) is 23.9 Å². The largest absolute Gasteiger partial charge is 0.287 e. The first-order valence-corrected chi connectivity index (χ1v) is 6.04. The summed E-state index contributed by atoms with van der Waals surface area (Å²) in [5, 5.41) is 19.6. The number of benzene rings is 2. The highest BCUT2D eigenvalue weighted by molar-refractivity contribution is 7.99. The average molecular weight is 274 g/mol. The van der Waals surface area contributed by atoms with Gasteiger partial charge in [0.2, 0.25) is 0 Å². The van der Waals surface area contributed by atoms with Crippen LogP contribution in [0.15, 0.2) is 52.3 Å². The molecular formula is C13H7FN2O2S. The number of nitrogens with zero attached hydrogens (tertiary/aromatic N) is 2. The van der Waals surface area contributed by atoms with Crippen LogP contribution in [0.2, 0.25) is 0 Å². The van der Waals surface area contributed by atoms with Crippen LogP contribution in [0, 0.1) is 27.3 Å². The van der Waals surface area contributed by atoms with Crippen molar-refractivity contribution in [3.8, 4) is 6.07 Å². The Kier molecular flexibility index (Phi) is 3.78. The van der Waals surface area contributed by atoms with E-state index in [1.54, 1.807) is 24.3 Å². The normalized spacial score (nSPS) is 9.89.